The van der Waals surface area contributed by atoms with Gasteiger partial charge in [-0.3, -0.25) is 4.55 Å². The van der Waals surface area contributed by atoms with Gasteiger partial charge in [0.1, 0.15) is 0 Å². The molecule has 0 aliphatic rings. The fourth-order valence-electron chi connectivity index (χ4n) is 0.247. The molecule has 0 aromatic carbocycles. The maximum atomic E-state index is 9.91. The summed E-state index contributed by atoms with van der Waals surface area (Å²) in [5.41, 5.74) is 0. The molecule has 0 spiro atoms. The number of rotatable bonds is 3. The van der Waals surface area contributed by atoms with Crippen LogP contribution in [0.5, 0.6) is 0 Å². The van der Waals surface area contributed by atoms with E-state index in [1.165, 1.54) is 0 Å². The van der Waals surface area contributed by atoms with Gasteiger partial charge in [0, 0.05) is 0 Å². The molecule has 0 aliphatic carbocycles. The Bertz CT molecular complexity index is 141. The summed E-state index contributed by atoms with van der Waals surface area (Å²) in [5.74, 6) is 0.302. The van der Waals surface area contributed by atoms with E-state index < -0.39 is 10.1 Å². The van der Waals surface area contributed by atoms with Gasteiger partial charge in [-0.05, 0) is 12.2 Å². The van der Waals surface area contributed by atoms with Gasteiger partial charge in [0.15, 0.2) is 0 Å². The second-order valence-corrected chi connectivity index (χ2v) is 3.38. The Balaban J connectivity index is 0. The van der Waals surface area contributed by atoms with E-state index in [1.54, 1.807) is 0 Å². The summed E-state index contributed by atoms with van der Waals surface area (Å²) in [6, 6.07) is 0. The first-order chi connectivity index (χ1) is 3.56. The summed E-state index contributed by atoms with van der Waals surface area (Å²) in [7, 11) is -3.74. The van der Waals surface area contributed by atoms with Crippen LogP contribution < -0.4 is 29.6 Å². The third-order valence-electron chi connectivity index (χ3n) is 0.560. The SMILES string of the molecule is O=S(=O)(O)CCCS.[Na+]. The molecule has 1 N–H and O–H groups in total. The molecule has 9 heavy (non-hydrogen) atoms. The number of hydrogen-bond acceptors (Lipinski definition) is 3. The summed E-state index contributed by atoms with van der Waals surface area (Å²) in [6.07, 6.45) is 0.405. The molecule has 0 saturated carbocycles. The van der Waals surface area contributed by atoms with Gasteiger partial charge < -0.3 is 0 Å². The molecule has 0 rings (SSSR count). The largest absolute Gasteiger partial charge is 1.00 e. The molecule has 0 aliphatic heterocycles. The van der Waals surface area contributed by atoms with Crippen LogP contribution in [0.15, 0.2) is 0 Å². The predicted molar refractivity (Wildman–Crippen MR) is 34.9 cm³/mol. The Morgan fingerprint density at radius 3 is 2.00 bits per heavy atom. The minimum absolute atomic E-state index is 0. The molecule has 0 bridgehead atoms. The third kappa shape index (κ3) is 12.5. The molecule has 0 aromatic rings. The maximum absolute atomic E-state index is 9.91. The Kier molecular flexibility index (Phi) is 8.60. The van der Waals surface area contributed by atoms with E-state index in [0.29, 0.717) is 12.2 Å². The molecule has 0 amide bonds. The summed E-state index contributed by atoms with van der Waals surface area (Å²) < 4.78 is 27.9. The van der Waals surface area contributed by atoms with E-state index in [1.807, 2.05) is 0 Å². The van der Waals surface area contributed by atoms with Gasteiger partial charge in [-0.25, -0.2) is 0 Å². The first kappa shape index (κ1) is 12.9. The van der Waals surface area contributed by atoms with Crippen LogP contribution in [0.3, 0.4) is 0 Å². The number of hydrogen-bond donors (Lipinski definition) is 2. The van der Waals surface area contributed by atoms with Crippen molar-refractivity contribution < 1.29 is 42.5 Å². The quantitative estimate of drug-likeness (QED) is 0.279. The van der Waals surface area contributed by atoms with Gasteiger partial charge in [0.2, 0.25) is 0 Å². The smallest absolute Gasteiger partial charge is 0.286 e. The van der Waals surface area contributed by atoms with Crippen LogP contribution in [-0.2, 0) is 10.1 Å². The molecule has 3 nitrogen and oxygen atoms in total. The van der Waals surface area contributed by atoms with E-state index in [9.17, 15) is 8.42 Å². The van der Waals surface area contributed by atoms with Crippen molar-refractivity contribution in [2.75, 3.05) is 11.5 Å². The van der Waals surface area contributed by atoms with E-state index in [2.05, 4.69) is 12.6 Å². The van der Waals surface area contributed by atoms with Crippen molar-refractivity contribution in [2.24, 2.45) is 0 Å². The van der Waals surface area contributed by atoms with E-state index in [0.717, 1.165) is 0 Å². The van der Waals surface area contributed by atoms with E-state index in [-0.39, 0.29) is 35.3 Å². The Hall–Kier alpha value is 1.26. The van der Waals surface area contributed by atoms with Gasteiger partial charge in [0.05, 0.1) is 5.75 Å². The minimum Gasteiger partial charge on any atom is -0.286 e. The van der Waals surface area contributed by atoms with Gasteiger partial charge >= 0.3 is 29.6 Å². The Morgan fingerprint density at radius 1 is 1.44 bits per heavy atom. The van der Waals surface area contributed by atoms with Crippen LogP contribution in [0.1, 0.15) is 6.42 Å². The molecule has 0 unspecified atom stereocenters. The summed E-state index contributed by atoms with van der Waals surface area (Å²) in [4.78, 5) is 0. The van der Waals surface area contributed by atoms with Crippen molar-refractivity contribution in [3.8, 4) is 0 Å². The van der Waals surface area contributed by atoms with Crippen LogP contribution in [-0.4, -0.2) is 24.5 Å². The van der Waals surface area contributed by atoms with E-state index >= 15 is 0 Å². The number of thiol groups is 1. The van der Waals surface area contributed by atoms with Crippen molar-refractivity contribution in [1.29, 1.82) is 0 Å². The molecule has 50 valence electrons. The second kappa shape index (κ2) is 6.00. The predicted octanol–water partition coefficient (Wildman–Crippen LogP) is -2.80. The summed E-state index contributed by atoms with van der Waals surface area (Å²) in [6.45, 7) is 0. The Labute approximate surface area is 82.7 Å². The van der Waals surface area contributed by atoms with Crippen LogP contribution in [0.25, 0.3) is 0 Å². The van der Waals surface area contributed by atoms with Gasteiger partial charge in [-0.1, -0.05) is 0 Å². The third-order valence-corrected chi connectivity index (χ3v) is 1.68. The van der Waals surface area contributed by atoms with Crippen LogP contribution in [0.2, 0.25) is 0 Å². The van der Waals surface area contributed by atoms with Crippen LogP contribution in [0.4, 0.5) is 0 Å². The zero-order chi connectivity index (χ0) is 6.62. The molecule has 0 fully saturated rings. The first-order valence-corrected chi connectivity index (χ1v) is 4.36. The Morgan fingerprint density at radius 2 is 1.89 bits per heavy atom. The average Bonchev–Trinajstić information content (AvgIpc) is 1.59. The normalized spacial score (nSPS) is 10.4. The summed E-state index contributed by atoms with van der Waals surface area (Å²) >= 11 is 3.76. The fraction of sp³-hybridized carbons (Fsp3) is 1.00. The van der Waals surface area contributed by atoms with Gasteiger partial charge in [-0.15, -0.1) is 0 Å². The molecule has 0 aromatic heterocycles. The zero-order valence-electron chi connectivity index (χ0n) is 5.24. The van der Waals surface area contributed by atoms with Crippen molar-refractivity contribution in [3.05, 3.63) is 0 Å². The average molecular weight is 179 g/mol. The molecule has 0 heterocycles. The molecule has 6 heteroatoms. The monoisotopic (exact) mass is 179 g/mol. The standard InChI is InChI=1S/C3H8O3S2.Na/c4-8(5,6)3-1-2-7;/h7H,1-3H2,(H,4,5,6);/q;+1. The summed E-state index contributed by atoms with van der Waals surface area (Å²) in [5, 5.41) is 0. The van der Waals surface area contributed by atoms with Crippen molar-refractivity contribution in [2.45, 2.75) is 6.42 Å². The van der Waals surface area contributed by atoms with E-state index in [4.69, 9.17) is 4.55 Å². The van der Waals surface area contributed by atoms with Crippen LogP contribution >= 0.6 is 12.6 Å². The van der Waals surface area contributed by atoms with Crippen molar-refractivity contribution in [3.63, 3.8) is 0 Å². The minimum atomic E-state index is -3.74. The maximum Gasteiger partial charge on any atom is 1.00 e. The topological polar surface area (TPSA) is 54.4 Å². The molecular formula is C3H8NaO3S2+. The molecular weight excluding hydrogens is 171 g/mol. The fourth-order valence-corrected chi connectivity index (χ4v) is 1.13. The molecule has 0 radical (unpaired) electrons. The van der Waals surface area contributed by atoms with Crippen LogP contribution in [0, 0.1) is 0 Å². The first-order valence-electron chi connectivity index (χ1n) is 2.12. The van der Waals surface area contributed by atoms with Crippen molar-refractivity contribution >= 4 is 22.7 Å². The zero-order valence-corrected chi connectivity index (χ0v) is 8.95. The second-order valence-electron chi connectivity index (χ2n) is 1.36. The molecule has 0 saturated heterocycles. The van der Waals surface area contributed by atoms with Gasteiger partial charge in [0.25, 0.3) is 10.1 Å². The molecule has 0 atom stereocenters. The van der Waals surface area contributed by atoms with Gasteiger partial charge in [-0.2, -0.15) is 21.0 Å². The van der Waals surface area contributed by atoms with Crippen molar-refractivity contribution in [1.82, 2.24) is 0 Å².